The van der Waals surface area contributed by atoms with Crippen molar-refractivity contribution in [3.63, 3.8) is 0 Å². The molecule has 1 heterocycles. The Kier molecular flexibility index (Phi) is 3.33. The molecule has 2 N–H and O–H groups in total. The second-order valence-corrected chi connectivity index (χ2v) is 4.50. The fraction of sp³-hybridized carbons (Fsp3) is 0.462. The molecule has 1 aromatic rings. The van der Waals surface area contributed by atoms with Crippen LogP contribution in [0.4, 0.5) is 5.69 Å². The van der Waals surface area contributed by atoms with Crippen LogP contribution in [0.5, 0.6) is 5.75 Å². The van der Waals surface area contributed by atoms with Crippen molar-refractivity contribution in [3.05, 3.63) is 23.3 Å². The van der Waals surface area contributed by atoms with Crippen LogP contribution in [0.25, 0.3) is 0 Å². The molecule has 92 valence electrons. The van der Waals surface area contributed by atoms with E-state index >= 15 is 0 Å². The Balaban J connectivity index is 2.21. The molecule has 0 unspecified atom stereocenters. The van der Waals surface area contributed by atoms with Crippen molar-refractivity contribution in [2.75, 3.05) is 25.5 Å². The molecule has 0 atom stereocenters. The highest BCUT2D eigenvalue weighted by Crippen LogP contribution is 2.30. The molecule has 0 saturated carbocycles. The predicted octanol–water partition coefficient (Wildman–Crippen LogP) is 1.47. The molecule has 0 spiro atoms. The van der Waals surface area contributed by atoms with Gasteiger partial charge in [0, 0.05) is 13.1 Å². The summed E-state index contributed by atoms with van der Waals surface area (Å²) in [6.45, 7) is 5.51. The monoisotopic (exact) mass is 234 g/mol. The average molecular weight is 234 g/mol. The van der Waals surface area contributed by atoms with Gasteiger partial charge in [-0.25, -0.2) is 0 Å². The van der Waals surface area contributed by atoms with Gasteiger partial charge in [0.2, 0.25) is 5.91 Å². The van der Waals surface area contributed by atoms with Crippen LogP contribution in [0.2, 0.25) is 0 Å². The number of nitrogens with one attached hydrogen (secondary N) is 2. The Hall–Kier alpha value is -1.55. The Morgan fingerprint density at radius 1 is 1.41 bits per heavy atom. The van der Waals surface area contributed by atoms with Gasteiger partial charge in [-0.05, 0) is 31.0 Å². The van der Waals surface area contributed by atoms with E-state index in [0.29, 0.717) is 0 Å². The van der Waals surface area contributed by atoms with Crippen LogP contribution in [-0.2, 0) is 4.79 Å². The Labute approximate surface area is 101 Å². The molecular weight excluding hydrogens is 216 g/mol. The second kappa shape index (κ2) is 4.75. The number of carbonyl (C=O) groups excluding carboxylic acids is 1. The summed E-state index contributed by atoms with van der Waals surface area (Å²) < 4.78 is 5.31. The van der Waals surface area contributed by atoms with Gasteiger partial charge in [-0.3, -0.25) is 4.79 Å². The fourth-order valence-electron chi connectivity index (χ4n) is 1.95. The lowest BCUT2D eigenvalue weighted by Crippen LogP contribution is -2.48. The van der Waals surface area contributed by atoms with E-state index in [2.05, 4.69) is 10.6 Å². The molecule has 1 amide bonds. The molecule has 0 aliphatic carbocycles. The van der Waals surface area contributed by atoms with E-state index in [1.54, 1.807) is 7.11 Å². The first-order chi connectivity index (χ1) is 8.11. The summed E-state index contributed by atoms with van der Waals surface area (Å²) in [4.78, 5) is 11.9. The summed E-state index contributed by atoms with van der Waals surface area (Å²) in [5.41, 5.74) is 2.94. The highest BCUT2D eigenvalue weighted by atomic mass is 16.5. The van der Waals surface area contributed by atoms with Crippen LogP contribution in [0.15, 0.2) is 12.1 Å². The largest absolute Gasteiger partial charge is 0.495 e. The topological polar surface area (TPSA) is 50.4 Å². The predicted molar refractivity (Wildman–Crippen MR) is 67.5 cm³/mol. The van der Waals surface area contributed by atoms with Crippen molar-refractivity contribution in [2.45, 2.75) is 13.8 Å². The number of benzene rings is 1. The average Bonchev–Trinajstić information content (AvgIpc) is 2.19. The molecule has 17 heavy (non-hydrogen) atoms. The van der Waals surface area contributed by atoms with Crippen molar-refractivity contribution >= 4 is 11.6 Å². The molecule has 0 aromatic heterocycles. The number of hydrogen-bond donors (Lipinski definition) is 2. The van der Waals surface area contributed by atoms with E-state index in [4.69, 9.17) is 4.74 Å². The number of anilines is 1. The van der Waals surface area contributed by atoms with Crippen LogP contribution < -0.4 is 15.4 Å². The normalized spacial score (nSPS) is 15.2. The lowest BCUT2D eigenvalue weighted by atomic mass is 10.0. The zero-order valence-corrected chi connectivity index (χ0v) is 10.5. The number of rotatable bonds is 3. The molecule has 1 fully saturated rings. The molecule has 4 nitrogen and oxygen atoms in total. The molecule has 1 aliphatic rings. The SMILES string of the molecule is COc1cc(C)cc(C)c1NC(=O)C1CNC1. The van der Waals surface area contributed by atoms with Gasteiger partial charge in [-0.1, -0.05) is 6.07 Å². The Morgan fingerprint density at radius 2 is 2.12 bits per heavy atom. The minimum atomic E-state index is 0.0639. The summed E-state index contributed by atoms with van der Waals surface area (Å²) in [5.74, 6) is 0.873. The minimum absolute atomic E-state index is 0.0639. The van der Waals surface area contributed by atoms with Gasteiger partial charge < -0.3 is 15.4 Å². The van der Waals surface area contributed by atoms with Gasteiger partial charge in [0.15, 0.2) is 0 Å². The number of aryl methyl sites for hydroxylation is 2. The summed E-state index contributed by atoms with van der Waals surface area (Å²) in [6, 6.07) is 3.97. The van der Waals surface area contributed by atoms with Gasteiger partial charge in [0.05, 0.1) is 18.7 Å². The van der Waals surface area contributed by atoms with E-state index in [9.17, 15) is 4.79 Å². The van der Waals surface area contributed by atoms with Gasteiger partial charge in [-0.15, -0.1) is 0 Å². The van der Waals surface area contributed by atoms with Crippen LogP contribution in [0.1, 0.15) is 11.1 Å². The van der Waals surface area contributed by atoms with E-state index in [1.165, 1.54) is 0 Å². The molecule has 2 rings (SSSR count). The summed E-state index contributed by atoms with van der Waals surface area (Å²) in [7, 11) is 1.62. The number of carbonyl (C=O) groups is 1. The lowest BCUT2D eigenvalue weighted by Gasteiger charge is -2.26. The molecular formula is C13H18N2O2. The van der Waals surface area contributed by atoms with Gasteiger partial charge >= 0.3 is 0 Å². The molecule has 0 radical (unpaired) electrons. The van der Waals surface area contributed by atoms with E-state index in [1.807, 2.05) is 26.0 Å². The highest BCUT2D eigenvalue weighted by Gasteiger charge is 2.25. The van der Waals surface area contributed by atoms with Crippen molar-refractivity contribution in [3.8, 4) is 5.75 Å². The zero-order chi connectivity index (χ0) is 12.4. The second-order valence-electron chi connectivity index (χ2n) is 4.50. The van der Waals surface area contributed by atoms with Crippen LogP contribution in [-0.4, -0.2) is 26.1 Å². The summed E-state index contributed by atoms with van der Waals surface area (Å²) in [5, 5.41) is 6.04. The van der Waals surface area contributed by atoms with Gasteiger partial charge in [0.25, 0.3) is 0 Å². The lowest BCUT2D eigenvalue weighted by molar-refractivity contribution is -0.121. The van der Waals surface area contributed by atoms with Crippen molar-refractivity contribution in [1.29, 1.82) is 0 Å². The maximum atomic E-state index is 11.9. The first-order valence-electron chi connectivity index (χ1n) is 5.78. The summed E-state index contributed by atoms with van der Waals surface area (Å²) >= 11 is 0. The van der Waals surface area contributed by atoms with Crippen molar-refractivity contribution in [1.82, 2.24) is 5.32 Å². The fourth-order valence-corrected chi connectivity index (χ4v) is 1.95. The van der Waals surface area contributed by atoms with Crippen LogP contribution >= 0.6 is 0 Å². The van der Waals surface area contributed by atoms with E-state index in [-0.39, 0.29) is 11.8 Å². The van der Waals surface area contributed by atoms with Crippen LogP contribution in [0, 0.1) is 19.8 Å². The highest BCUT2D eigenvalue weighted by molar-refractivity contribution is 5.95. The van der Waals surface area contributed by atoms with Crippen LogP contribution in [0.3, 0.4) is 0 Å². The maximum absolute atomic E-state index is 11.9. The third-order valence-corrected chi connectivity index (χ3v) is 3.06. The van der Waals surface area contributed by atoms with Crippen molar-refractivity contribution < 1.29 is 9.53 Å². The Bertz CT molecular complexity index is 439. The number of amides is 1. The maximum Gasteiger partial charge on any atom is 0.230 e. The van der Waals surface area contributed by atoms with E-state index < -0.39 is 0 Å². The van der Waals surface area contributed by atoms with Gasteiger partial charge in [0.1, 0.15) is 5.75 Å². The molecule has 1 aliphatic heterocycles. The quantitative estimate of drug-likeness (QED) is 0.832. The third kappa shape index (κ3) is 2.42. The number of hydrogen-bond acceptors (Lipinski definition) is 3. The molecule has 1 aromatic carbocycles. The smallest absolute Gasteiger partial charge is 0.230 e. The number of ether oxygens (including phenoxy) is 1. The summed E-state index contributed by atoms with van der Waals surface area (Å²) in [6.07, 6.45) is 0. The standard InChI is InChI=1S/C13H18N2O2/c1-8-4-9(2)12(11(5-8)17-3)15-13(16)10-6-14-7-10/h4-5,10,14H,6-7H2,1-3H3,(H,15,16). The molecule has 1 saturated heterocycles. The van der Waals surface area contributed by atoms with Gasteiger partial charge in [-0.2, -0.15) is 0 Å². The third-order valence-electron chi connectivity index (χ3n) is 3.06. The minimum Gasteiger partial charge on any atom is -0.495 e. The molecule has 4 heteroatoms. The Morgan fingerprint density at radius 3 is 2.65 bits per heavy atom. The van der Waals surface area contributed by atoms with Crippen molar-refractivity contribution in [2.24, 2.45) is 5.92 Å². The molecule has 0 bridgehead atoms. The van der Waals surface area contributed by atoms with E-state index in [0.717, 1.165) is 35.7 Å². The number of methoxy groups -OCH3 is 1. The first-order valence-corrected chi connectivity index (χ1v) is 5.78. The zero-order valence-electron chi connectivity index (χ0n) is 10.5. The first kappa shape index (κ1) is 11.9.